The quantitative estimate of drug-likeness (QED) is 0.763. The Balaban J connectivity index is 1.50. The number of nitrogens with zero attached hydrogens (tertiary/aromatic N) is 1. The van der Waals surface area contributed by atoms with Crippen molar-refractivity contribution in [2.75, 3.05) is 6.54 Å². The zero-order valence-electron chi connectivity index (χ0n) is 18.3. The van der Waals surface area contributed by atoms with Crippen molar-refractivity contribution in [2.24, 2.45) is 0 Å². The van der Waals surface area contributed by atoms with Gasteiger partial charge in [-0.15, -0.1) is 0 Å². The second kappa shape index (κ2) is 6.77. The highest BCUT2D eigenvalue weighted by atomic mass is 16.7. The summed E-state index contributed by atoms with van der Waals surface area (Å²) in [6, 6.07) is 8.42. The lowest BCUT2D eigenvalue weighted by molar-refractivity contribution is 0.00578. The third kappa shape index (κ3) is 3.15. The molecule has 30 heavy (non-hydrogen) atoms. The SMILES string of the molecule is CC1(C)OB(c2cccc(C3(c4nc5c(c(=O)[nH]4)CNCCC5)CC3)c2)OC1(C)C. The van der Waals surface area contributed by atoms with E-state index in [0.717, 1.165) is 54.8 Å². The molecule has 1 aromatic carbocycles. The predicted octanol–water partition coefficient (Wildman–Crippen LogP) is 2.18. The van der Waals surface area contributed by atoms with Gasteiger partial charge in [-0.25, -0.2) is 4.98 Å². The van der Waals surface area contributed by atoms with Gasteiger partial charge in [-0.05, 0) is 70.9 Å². The average Bonchev–Trinajstić information content (AvgIpc) is 3.48. The Bertz CT molecular complexity index is 1030. The first-order chi connectivity index (χ1) is 14.2. The van der Waals surface area contributed by atoms with Crippen LogP contribution in [0.25, 0.3) is 0 Å². The molecule has 2 N–H and O–H groups in total. The van der Waals surface area contributed by atoms with Crippen molar-refractivity contribution in [3.8, 4) is 0 Å². The highest BCUT2D eigenvalue weighted by Crippen LogP contribution is 2.52. The molecule has 0 bridgehead atoms. The van der Waals surface area contributed by atoms with Crippen molar-refractivity contribution in [2.45, 2.75) is 76.5 Å². The van der Waals surface area contributed by atoms with Gasteiger partial charge in [-0.1, -0.05) is 24.3 Å². The second-order valence-corrected chi connectivity index (χ2v) is 9.92. The monoisotopic (exact) mass is 407 g/mol. The summed E-state index contributed by atoms with van der Waals surface area (Å²) >= 11 is 0. The Hall–Kier alpha value is -1.96. The van der Waals surface area contributed by atoms with Crippen molar-refractivity contribution >= 4 is 12.6 Å². The first kappa shape index (κ1) is 20.0. The van der Waals surface area contributed by atoms with E-state index >= 15 is 0 Å². The Morgan fingerprint density at radius 3 is 2.53 bits per heavy atom. The van der Waals surface area contributed by atoms with Crippen LogP contribution in [0.4, 0.5) is 0 Å². The lowest BCUT2D eigenvalue weighted by atomic mass is 9.77. The maximum absolute atomic E-state index is 12.8. The molecule has 2 aromatic rings. The minimum atomic E-state index is -0.393. The molecule has 3 aliphatic rings. The van der Waals surface area contributed by atoms with Gasteiger partial charge in [0.05, 0.1) is 27.9 Å². The van der Waals surface area contributed by atoms with Crippen molar-refractivity contribution < 1.29 is 9.31 Å². The molecule has 5 rings (SSSR count). The number of aromatic amines is 1. The molecule has 1 saturated heterocycles. The van der Waals surface area contributed by atoms with E-state index in [2.05, 4.69) is 62.3 Å². The number of aryl methyl sites for hydroxylation is 1. The van der Waals surface area contributed by atoms with E-state index < -0.39 is 7.12 Å². The zero-order chi connectivity index (χ0) is 21.1. The molecule has 2 fully saturated rings. The lowest BCUT2D eigenvalue weighted by Crippen LogP contribution is -2.41. The number of aromatic nitrogens is 2. The molecule has 0 atom stereocenters. The van der Waals surface area contributed by atoms with Crippen LogP contribution in [0.3, 0.4) is 0 Å². The Kier molecular flexibility index (Phi) is 4.51. The van der Waals surface area contributed by atoms with E-state index in [1.165, 1.54) is 5.56 Å². The van der Waals surface area contributed by atoms with Crippen molar-refractivity contribution in [1.29, 1.82) is 0 Å². The first-order valence-electron chi connectivity index (χ1n) is 11.0. The van der Waals surface area contributed by atoms with Crippen LogP contribution in [0.2, 0.25) is 0 Å². The molecule has 1 aliphatic carbocycles. The lowest BCUT2D eigenvalue weighted by Gasteiger charge is -2.32. The normalized spacial score (nSPS) is 23.7. The molecule has 0 amide bonds. The molecular formula is C23H30BN3O3. The third-order valence-corrected chi connectivity index (χ3v) is 7.34. The van der Waals surface area contributed by atoms with E-state index in [1.807, 2.05) is 0 Å². The Morgan fingerprint density at radius 1 is 1.10 bits per heavy atom. The largest absolute Gasteiger partial charge is 0.494 e. The molecule has 0 spiro atoms. The van der Waals surface area contributed by atoms with Crippen LogP contribution in [-0.2, 0) is 27.7 Å². The Morgan fingerprint density at radius 2 is 1.83 bits per heavy atom. The highest BCUT2D eigenvalue weighted by Gasteiger charge is 2.53. The van der Waals surface area contributed by atoms with Crippen LogP contribution in [0.1, 0.15) is 69.6 Å². The summed E-state index contributed by atoms with van der Waals surface area (Å²) < 4.78 is 12.5. The van der Waals surface area contributed by atoms with Crippen LogP contribution in [0.5, 0.6) is 0 Å². The minimum Gasteiger partial charge on any atom is -0.399 e. The molecule has 1 aromatic heterocycles. The van der Waals surface area contributed by atoms with Gasteiger partial charge < -0.3 is 19.6 Å². The van der Waals surface area contributed by atoms with E-state index in [4.69, 9.17) is 14.3 Å². The van der Waals surface area contributed by atoms with E-state index in [0.29, 0.717) is 6.54 Å². The fourth-order valence-electron chi connectivity index (χ4n) is 4.50. The number of nitrogens with one attached hydrogen (secondary N) is 2. The molecule has 1 saturated carbocycles. The maximum Gasteiger partial charge on any atom is 0.494 e. The summed E-state index contributed by atoms with van der Waals surface area (Å²) in [5, 5.41) is 3.31. The maximum atomic E-state index is 12.8. The fourth-order valence-corrected chi connectivity index (χ4v) is 4.50. The molecular weight excluding hydrogens is 377 g/mol. The number of hydrogen-bond donors (Lipinski definition) is 2. The number of H-pyrrole nitrogens is 1. The number of fused-ring (bicyclic) bond motifs is 1. The van der Waals surface area contributed by atoms with Crippen molar-refractivity contribution in [1.82, 2.24) is 15.3 Å². The van der Waals surface area contributed by atoms with Gasteiger partial charge in [-0.3, -0.25) is 4.79 Å². The van der Waals surface area contributed by atoms with E-state index in [-0.39, 0.29) is 22.2 Å². The smallest absolute Gasteiger partial charge is 0.399 e. The number of benzene rings is 1. The van der Waals surface area contributed by atoms with Crippen LogP contribution in [0, 0.1) is 0 Å². The molecule has 3 heterocycles. The molecule has 2 aliphatic heterocycles. The van der Waals surface area contributed by atoms with Gasteiger partial charge in [0.25, 0.3) is 5.56 Å². The molecule has 7 heteroatoms. The zero-order valence-corrected chi connectivity index (χ0v) is 18.3. The van der Waals surface area contributed by atoms with Crippen LogP contribution < -0.4 is 16.3 Å². The van der Waals surface area contributed by atoms with Crippen LogP contribution in [0.15, 0.2) is 29.1 Å². The molecule has 0 radical (unpaired) electrons. The van der Waals surface area contributed by atoms with Crippen LogP contribution >= 0.6 is 0 Å². The van der Waals surface area contributed by atoms with Crippen molar-refractivity contribution in [3.05, 3.63) is 57.3 Å². The molecule has 0 unspecified atom stereocenters. The van der Waals surface area contributed by atoms with E-state index in [1.54, 1.807) is 0 Å². The summed E-state index contributed by atoms with van der Waals surface area (Å²) in [6.07, 6.45) is 3.83. The first-order valence-corrected chi connectivity index (χ1v) is 11.0. The van der Waals surface area contributed by atoms with Gasteiger partial charge >= 0.3 is 7.12 Å². The summed E-state index contributed by atoms with van der Waals surface area (Å²) in [5.74, 6) is 0.805. The fraction of sp³-hybridized carbons (Fsp3) is 0.565. The van der Waals surface area contributed by atoms with E-state index in [9.17, 15) is 4.79 Å². The number of rotatable bonds is 3. The molecule has 6 nitrogen and oxygen atoms in total. The standard InChI is InChI=1S/C23H30BN3O3/c1-21(2)22(3,4)30-24(29-21)16-8-5-7-15(13-16)23(10-11-23)20-26-18-9-6-12-25-14-17(18)19(28)27-20/h5,7-8,13,25H,6,9-12,14H2,1-4H3,(H,26,27,28). The predicted molar refractivity (Wildman–Crippen MR) is 117 cm³/mol. The Labute approximate surface area is 177 Å². The highest BCUT2D eigenvalue weighted by molar-refractivity contribution is 6.62. The van der Waals surface area contributed by atoms with Gasteiger partial charge in [0.1, 0.15) is 5.82 Å². The second-order valence-electron chi connectivity index (χ2n) is 9.92. The van der Waals surface area contributed by atoms with Gasteiger partial charge in [0.2, 0.25) is 0 Å². The minimum absolute atomic E-state index is 0.00205. The summed E-state index contributed by atoms with van der Waals surface area (Å²) in [4.78, 5) is 20.9. The topological polar surface area (TPSA) is 76.2 Å². The van der Waals surface area contributed by atoms with Gasteiger partial charge in [-0.2, -0.15) is 0 Å². The number of hydrogen-bond acceptors (Lipinski definition) is 5. The van der Waals surface area contributed by atoms with Gasteiger partial charge in [0.15, 0.2) is 0 Å². The summed E-state index contributed by atoms with van der Waals surface area (Å²) in [7, 11) is -0.393. The average molecular weight is 407 g/mol. The summed E-state index contributed by atoms with van der Waals surface area (Å²) in [6.45, 7) is 9.79. The van der Waals surface area contributed by atoms with Crippen molar-refractivity contribution in [3.63, 3.8) is 0 Å². The van der Waals surface area contributed by atoms with Crippen LogP contribution in [-0.4, -0.2) is 34.8 Å². The van der Waals surface area contributed by atoms with Gasteiger partial charge in [0, 0.05) is 6.54 Å². The third-order valence-electron chi connectivity index (χ3n) is 7.34. The summed E-state index contributed by atoms with van der Waals surface area (Å²) in [5.41, 5.74) is 2.96. The molecule has 158 valence electrons.